The zero-order valence-electron chi connectivity index (χ0n) is 11.3. The molecule has 2 aromatic rings. The van der Waals surface area contributed by atoms with Gasteiger partial charge in [0.15, 0.2) is 11.6 Å². The molecule has 2 aromatic carbocycles. The summed E-state index contributed by atoms with van der Waals surface area (Å²) in [6.07, 6.45) is -0.00974. The highest BCUT2D eigenvalue weighted by Crippen LogP contribution is 2.29. The maximum atomic E-state index is 13.9. The van der Waals surface area contributed by atoms with Crippen LogP contribution < -0.4 is 0 Å². The number of halogens is 3. The Bertz CT molecular complexity index is 636. The maximum absolute atomic E-state index is 13.9. The molecule has 0 saturated heterocycles. The number of aliphatic hydroxyl groups is 1. The molecule has 0 aliphatic rings. The van der Waals surface area contributed by atoms with Crippen molar-refractivity contribution < 1.29 is 18.3 Å². The predicted octanol–water partition coefficient (Wildman–Crippen LogP) is 3.86. The molecule has 0 fully saturated rings. The van der Waals surface area contributed by atoms with Gasteiger partial charge in [-0.1, -0.05) is 24.3 Å². The van der Waals surface area contributed by atoms with Crippen LogP contribution in [0.5, 0.6) is 0 Å². The number of rotatable bonds is 3. The fourth-order valence-electron chi connectivity index (χ4n) is 2.20. The summed E-state index contributed by atoms with van der Waals surface area (Å²) >= 11 is 0. The second-order valence-corrected chi connectivity index (χ2v) is 5.14. The van der Waals surface area contributed by atoms with Gasteiger partial charge >= 0.3 is 0 Å². The average Bonchev–Trinajstić information content (AvgIpc) is 2.35. The molecule has 0 bridgehead atoms. The summed E-state index contributed by atoms with van der Waals surface area (Å²) in [7, 11) is 0. The van der Waals surface area contributed by atoms with Crippen molar-refractivity contribution in [3.63, 3.8) is 0 Å². The van der Waals surface area contributed by atoms with Gasteiger partial charge < -0.3 is 5.11 Å². The second-order valence-electron chi connectivity index (χ2n) is 5.14. The molecule has 20 heavy (non-hydrogen) atoms. The molecule has 0 aromatic heterocycles. The summed E-state index contributed by atoms with van der Waals surface area (Å²) in [5, 5.41) is 10.4. The lowest BCUT2D eigenvalue weighted by Crippen LogP contribution is -2.26. The highest BCUT2D eigenvalue weighted by molar-refractivity contribution is 5.31. The summed E-state index contributed by atoms with van der Waals surface area (Å²) in [5.41, 5.74) is -1.07. The van der Waals surface area contributed by atoms with Crippen molar-refractivity contribution in [1.29, 1.82) is 0 Å². The van der Waals surface area contributed by atoms with Gasteiger partial charge in [-0.2, -0.15) is 0 Å². The van der Waals surface area contributed by atoms with E-state index >= 15 is 0 Å². The monoisotopic (exact) mass is 280 g/mol. The van der Waals surface area contributed by atoms with E-state index in [1.54, 1.807) is 6.07 Å². The Kier molecular flexibility index (Phi) is 3.86. The predicted molar refractivity (Wildman–Crippen MR) is 70.8 cm³/mol. The van der Waals surface area contributed by atoms with Crippen molar-refractivity contribution in [3.05, 3.63) is 70.5 Å². The molecular weight excluding hydrogens is 265 g/mol. The van der Waals surface area contributed by atoms with Gasteiger partial charge in [0, 0.05) is 12.0 Å². The number of hydrogen-bond donors (Lipinski definition) is 1. The summed E-state index contributed by atoms with van der Waals surface area (Å²) in [6.45, 7) is 2.83. The molecule has 0 radical (unpaired) electrons. The summed E-state index contributed by atoms with van der Waals surface area (Å²) in [4.78, 5) is 0. The van der Waals surface area contributed by atoms with Crippen molar-refractivity contribution in [2.75, 3.05) is 0 Å². The van der Waals surface area contributed by atoms with Crippen molar-refractivity contribution in [2.45, 2.75) is 25.9 Å². The number of aryl methyl sites for hydroxylation is 1. The van der Waals surface area contributed by atoms with E-state index in [2.05, 4.69) is 0 Å². The van der Waals surface area contributed by atoms with Crippen LogP contribution in [0.15, 0.2) is 36.4 Å². The molecule has 0 amide bonds. The summed E-state index contributed by atoms with van der Waals surface area (Å²) in [6, 6.07) is 8.44. The van der Waals surface area contributed by atoms with Crippen LogP contribution in [0.2, 0.25) is 0 Å². The second kappa shape index (κ2) is 5.29. The van der Waals surface area contributed by atoms with Gasteiger partial charge in [-0.05, 0) is 37.1 Å². The Hall–Kier alpha value is -1.81. The van der Waals surface area contributed by atoms with Crippen LogP contribution in [-0.4, -0.2) is 5.11 Å². The van der Waals surface area contributed by atoms with Crippen molar-refractivity contribution in [3.8, 4) is 0 Å². The Balaban J connectivity index is 2.38. The van der Waals surface area contributed by atoms with Gasteiger partial charge in [-0.25, -0.2) is 13.2 Å². The molecule has 0 spiro atoms. The summed E-state index contributed by atoms with van der Waals surface area (Å²) < 4.78 is 40.6. The van der Waals surface area contributed by atoms with Crippen LogP contribution in [0.25, 0.3) is 0 Å². The van der Waals surface area contributed by atoms with Crippen LogP contribution in [0.3, 0.4) is 0 Å². The third-order valence-corrected chi connectivity index (χ3v) is 3.29. The van der Waals surface area contributed by atoms with Gasteiger partial charge in [0.1, 0.15) is 5.82 Å². The van der Waals surface area contributed by atoms with Gasteiger partial charge in [0.2, 0.25) is 0 Å². The smallest absolute Gasteiger partial charge is 0.165 e. The van der Waals surface area contributed by atoms with Crippen LogP contribution in [0, 0.1) is 24.4 Å². The van der Waals surface area contributed by atoms with E-state index in [-0.39, 0.29) is 17.5 Å². The molecule has 1 unspecified atom stereocenters. The zero-order chi connectivity index (χ0) is 14.9. The zero-order valence-corrected chi connectivity index (χ0v) is 11.3. The first kappa shape index (κ1) is 14.6. The fourth-order valence-corrected chi connectivity index (χ4v) is 2.20. The largest absolute Gasteiger partial charge is 0.385 e. The first-order valence-electron chi connectivity index (χ1n) is 6.23. The quantitative estimate of drug-likeness (QED) is 0.905. The third-order valence-electron chi connectivity index (χ3n) is 3.29. The van der Waals surface area contributed by atoms with E-state index in [0.29, 0.717) is 5.56 Å². The molecule has 1 N–H and O–H groups in total. The molecule has 0 aliphatic carbocycles. The van der Waals surface area contributed by atoms with Crippen LogP contribution >= 0.6 is 0 Å². The van der Waals surface area contributed by atoms with Gasteiger partial charge in [0.25, 0.3) is 0 Å². The minimum Gasteiger partial charge on any atom is -0.385 e. The lowest BCUT2D eigenvalue weighted by molar-refractivity contribution is 0.0529. The minimum atomic E-state index is -1.62. The normalized spacial score (nSPS) is 14.1. The maximum Gasteiger partial charge on any atom is 0.165 e. The molecule has 1 atom stereocenters. The standard InChI is InChI=1S/C16H15F3O/c1-10-6-7-13(15(19)14(10)18)16(2,20)9-11-4-3-5-12(17)8-11/h3-8,20H,9H2,1-2H3. The lowest BCUT2D eigenvalue weighted by Gasteiger charge is -2.25. The summed E-state index contributed by atoms with van der Waals surface area (Å²) in [5.74, 6) is -2.47. The molecular formula is C16H15F3O. The number of hydrogen-bond acceptors (Lipinski definition) is 1. The van der Waals surface area contributed by atoms with Gasteiger partial charge in [-0.15, -0.1) is 0 Å². The van der Waals surface area contributed by atoms with E-state index in [9.17, 15) is 18.3 Å². The third kappa shape index (κ3) is 2.85. The van der Waals surface area contributed by atoms with E-state index in [0.717, 1.165) is 0 Å². The SMILES string of the molecule is Cc1ccc(C(C)(O)Cc2cccc(F)c2)c(F)c1F. The van der Waals surface area contributed by atoms with E-state index in [4.69, 9.17) is 0 Å². The molecule has 0 aliphatic heterocycles. The highest BCUT2D eigenvalue weighted by atomic mass is 19.2. The molecule has 4 heteroatoms. The van der Waals surface area contributed by atoms with Crippen molar-refractivity contribution >= 4 is 0 Å². The number of benzene rings is 2. The molecule has 0 saturated carbocycles. The molecule has 0 heterocycles. The minimum absolute atomic E-state index is 0.00974. The first-order chi connectivity index (χ1) is 9.31. The molecule has 2 rings (SSSR count). The topological polar surface area (TPSA) is 20.2 Å². The van der Waals surface area contributed by atoms with Crippen LogP contribution in [-0.2, 0) is 12.0 Å². The first-order valence-corrected chi connectivity index (χ1v) is 6.23. The highest BCUT2D eigenvalue weighted by Gasteiger charge is 2.29. The van der Waals surface area contributed by atoms with Gasteiger partial charge in [-0.3, -0.25) is 0 Å². The van der Waals surface area contributed by atoms with Crippen molar-refractivity contribution in [1.82, 2.24) is 0 Å². The molecule has 1 nitrogen and oxygen atoms in total. The van der Waals surface area contributed by atoms with E-state index in [1.807, 2.05) is 0 Å². The Morgan fingerprint density at radius 3 is 2.40 bits per heavy atom. The van der Waals surface area contributed by atoms with Crippen molar-refractivity contribution in [2.24, 2.45) is 0 Å². The Morgan fingerprint density at radius 2 is 1.75 bits per heavy atom. The lowest BCUT2D eigenvalue weighted by atomic mass is 9.88. The van der Waals surface area contributed by atoms with Crippen LogP contribution in [0.4, 0.5) is 13.2 Å². The van der Waals surface area contributed by atoms with E-state index in [1.165, 1.54) is 44.2 Å². The average molecular weight is 280 g/mol. The molecule has 106 valence electrons. The van der Waals surface area contributed by atoms with E-state index < -0.39 is 23.1 Å². The Labute approximate surface area is 115 Å². The fraction of sp³-hybridized carbons (Fsp3) is 0.250. The van der Waals surface area contributed by atoms with Gasteiger partial charge in [0.05, 0.1) is 5.60 Å². The Morgan fingerprint density at radius 1 is 1.05 bits per heavy atom. The van der Waals surface area contributed by atoms with Crippen LogP contribution in [0.1, 0.15) is 23.6 Å².